The van der Waals surface area contributed by atoms with Crippen molar-refractivity contribution in [3.8, 4) is 0 Å². The second kappa shape index (κ2) is 6.81. The predicted octanol–water partition coefficient (Wildman–Crippen LogP) is 1.65. The molecule has 2 aliphatic heterocycles. The average Bonchev–Trinajstić information content (AvgIpc) is 3.26. The summed E-state index contributed by atoms with van der Waals surface area (Å²) in [4.78, 5) is 28.8. The van der Waals surface area contributed by atoms with Gasteiger partial charge in [-0.3, -0.25) is 14.7 Å². The number of aromatic nitrogens is 2. The zero-order chi connectivity index (χ0) is 19.1. The van der Waals surface area contributed by atoms with Crippen LogP contribution in [-0.2, 0) is 17.8 Å². The summed E-state index contributed by atoms with van der Waals surface area (Å²) in [6.45, 7) is 4.22. The molecule has 1 aromatic carbocycles. The van der Waals surface area contributed by atoms with E-state index in [1.165, 1.54) is 0 Å². The minimum Gasteiger partial charge on any atom is -0.481 e. The summed E-state index contributed by atoms with van der Waals surface area (Å²) in [6, 6.07) is 7.82. The van der Waals surface area contributed by atoms with Crippen LogP contribution in [0, 0.1) is 12.8 Å². The van der Waals surface area contributed by atoms with Crippen LogP contribution in [0.5, 0.6) is 0 Å². The number of rotatable bonds is 3. The quantitative estimate of drug-likeness (QED) is 0.860. The molecule has 142 valence electrons. The number of hydrogen-bond acceptors (Lipinski definition) is 4. The van der Waals surface area contributed by atoms with E-state index in [4.69, 9.17) is 0 Å². The van der Waals surface area contributed by atoms with Crippen molar-refractivity contribution in [2.24, 2.45) is 5.92 Å². The highest BCUT2D eigenvalue weighted by Crippen LogP contribution is 2.35. The number of aliphatic carboxylic acids is 1. The highest BCUT2D eigenvalue weighted by Gasteiger charge is 2.42. The molecule has 0 unspecified atom stereocenters. The first-order valence-corrected chi connectivity index (χ1v) is 9.28. The van der Waals surface area contributed by atoms with E-state index < -0.39 is 11.9 Å². The van der Waals surface area contributed by atoms with Crippen LogP contribution >= 0.6 is 0 Å². The van der Waals surface area contributed by atoms with E-state index in [2.05, 4.69) is 15.1 Å². The van der Waals surface area contributed by atoms with Crippen LogP contribution in [0.2, 0.25) is 0 Å². The molecule has 1 aromatic heterocycles. The number of nitrogens with one attached hydrogen (secondary N) is 1. The first-order chi connectivity index (χ1) is 13.0. The summed E-state index contributed by atoms with van der Waals surface area (Å²) in [6.07, 6.45) is 0.843. The summed E-state index contributed by atoms with van der Waals surface area (Å²) < 4.78 is 0. The number of carbonyl (C=O) groups excluding carboxylic acids is 1. The monoisotopic (exact) mass is 368 g/mol. The number of likely N-dealkylation sites (tertiary alicyclic amines) is 1. The van der Waals surface area contributed by atoms with Crippen LogP contribution in [0.4, 0.5) is 0 Å². The first kappa shape index (κ1) is 17.7. The van der Waals surface area contributed by atoms with Gasteiger partial charge in [0, 0.05) is 49.8 Å². The summed E-state index contributed by atoms with van der Waals surface area (Å²) in [5.41, 5.74) is 4.46. The van der Waals surface area contributed by atoms with Gasteiger partial charge in [-0.05, 0) is 25.1 Å². The molecule has 2 aromatic rings. The van der Waals surface area contributed by atoms with Crippen LogP contribution in [0.25, 0.3) is 0 Å². The van der Waals surface area contributed by atoms with Crippen molar-refractivity contribution in [2.75, 3.05) is 26.7 Å². The molecule has 0 aliphatic carbocycles. The number of carboxylic acid groups (broad SMARTS) is 1. The fourth-order valence-electron chi connectivity index (χ4n) is 4.29. The van der Waals surface area contributed by atoms with E-state index in [0.717, 1.165) is 35.3 Å². The number of carboxylic acids is 1. The normalized spacial score (nSPS) is 22.7. The van der Waals surface area contributed by atoms with E-state index in [1.54, 1.807) is 4.90 Å². The minimum atomic E-state index is -0.859. The Labute approximate surface area is 158 Å². The number of nitrogens with zero attached hydrogens (tertiary/aromatic N) is 3. The molecule has 2 atom stereocenters. The maximum Gasteiger partial charge on any atom is 0.308 e. The smallest absolute Gasteiger partial charge is 0.308 e. The zero-order valence-electron chi connectivity index (χ0n) is 15.6. The Balaban J connectivity index is 1.62. The van der Waals surface area contributed by atoms with Gasteiger partial charge < -0.3 is 14.9 Å². The maximum atomic E-state index is 13.1. The fourth-order valence-corrected chi connectivity index (χ4v) is 4.29. The second-order valence-electron chi connectivity index (χ2n) is 7.64. The maximum absolute atomic E-state index is 13.1. The summed E-state index contributed by atoms with van der Waals surface area (Å²) in [7, 11) is 2.02. The van der Waals surface area contributed by atoms with Crippen molar-refractivity contribution in [3.05, 3.63) is 52.3 Å². The van der Waals surface area contributed by atoms with E-state index in [1.807, 2.05) is 38.2 Å². The molecule has 2 N–H and O–H groups in total. The van der Waals surface area contributed by atoms with E-state index in [-0.39, 0.29) is 18.4 Å². The molecule has 3 heterocycles. The lowest BCUT2D eigenvalue weighted by atomic mass is 9.86. The Bertz CT molecular complexity index is 891. The Kier molecular flexibility index (Phi) is 4.47. The Hall–Kier alpha value is -2.67. The van der Waals surface area contributed by atoms with Crippen molar-refractivity contribution in [1.29, 1.82) is 0 Å². The number of amides is 1. The third-order valence-corrected chi connectivity index (χ3v) is 5.84. The molecule has 0 saturated carbocycles. The van der Waals surface area contributed by atoms with Crippen molar-refractivity contribution in [3.63, 3.8) is 0 Å². The highest BCUT2D eigenvalue weighted by atomic mass is 16.4. The van der Waals surface area contributed by atoms with Gasteiger partial charge >= 0.3 is 5.97 Å². The van der Waals surface area contributed by atoms with Gasteiger partial charge in [0.2, 0.25) is 0 Å². The molecule has 4 rings (SSSR count). The molecule has 7 heteroatoms. The molecule has 1 fully saturated rings. The van der Waals surface area contributed by atoms with Gasteiger partial charge in [-0.1, -0.05) is 24.3 Å². The Morgan fingerprint density at radius 3 is 2.78 bits per heavy atom. The average molecular weight is 368 g/mol. The van der Waals surface area contributed by atoms with E-state index >= 15 is 0 Å². The molecule has 7 nitrogen and oxygen atoms in total. The van der Waals surface area contributed by atoms with Gasteiger partial charge in [0.15, 0.2) is 5.69 Å². The standard InChI is InChI=1S/C20H24N4O3/c1-12-5-3-4-6-13(12)14-10-24(11-15(14)20(26)27)19(25)18-16-9-23(2)8-7-17(16)21-22-18/h3-6,14-15H,7-11H2,1-2H3,(H,21,22)(H,26,27)/t14-,15+/m0/s1. The van der Waals surface area contributed by atoms with Crippen LogP contribution < -0.4 is 0 Å². The topological polar surface area (TPSA) is 89.5 Å². The minimum absolute atomic E-state index is 0.176. The van der Waals surface area contributed by atoms with Crippen LogP contribution in [0.3, 0.4) is 0 Å². The number of likely N-dealkylation sites (N-methyl/N-ethyl adjacent to an activating group) is 1. The van der Waals surface area contributed by atoms with Crippen LogP contribution in [0.1, 0.15) is 38.8 Å². The number of H-pyrrole nitrogens is 1. The molecule has 2 aliphatic rings. The number of carbonyl (C=O) groups is 2. The zero-order valence-corrected chi connectivity index (χ0v) is 15.6. The lowest BCUT2D eigenvalue weighted by molar-refractivity contribution is -0.141. The van der Waals surface area contributed by atoms with Crippen molar-refractivity contribution >= 4 is 11.9 Å². The second-order valence-corrected chi connectivity index (χ2v) is 7.64. The molecule has 1 saturated heterocycles. The van der Waals surface area contributed by atoms with Crippen molar-refractivity contribution < 1.29 is 14.7 Å². The number of benzene rings is 1. The first-order valence-electron chi connectivity index (χ1n) is 9.28. The molecule has 0 radical (unpaired) electrons. The fraction of sp³-hybridized carbons (Fsp3) is 0.450. The van der Waals surface area contributed by atoms with Crippen molar-refractivity contribution in [1.82, 2.24) is 20.0 Å². The number of fused-ring (bicyclic) bond motifs is 1. The molecule has 0 bridgehead atoms. The van der Waals surface area contributed by atoms with Gasteiger partial charge in [-0.2, -0.15) is 5.10 Å². The lowest BCUT2D eigenvalue weighted by Gasteiger charge is -2.23. The van der Waals surface area contributed by atoms with E-state index in [9.17, 15) is 14.7 Å². The third kappa shape index (κ3) is 3.12. The number of aromatic amines is 1. The summed E-state index contributed by atoms with van der Waals surface area (Å²) >= 11 is 0. The summed E-state index contributed by atoms with van der Waals surface area (Å²) in [5.74, 6) is -1.84. The predicted molar refractivity (Wildman–Crippen MR) is 99.6 cm³/mol. The molecule has 27 heavy (non-hydrogen) atoms. The van der Waals surface area contributed by atoms with Crippen LogP contribution in [0.15, 0.2) is 24.3 Å². The third-order valence-electron chi connectivity index (χ3n) is 5.84. The van der Waals surface area contributed by atoms with Crippen LogP contribution in [-0.4, -0.2) is 63.7 Å². The summed E-state index contributed by atoms with van der Waals surface area (Å²) in [5, 5.41) is 17.0. The largest absolute Gasteiger partial charge is 0.481 e. The van der Waals surface area contributed by atoms with Gasteiger partial charge in [0.25, 0.3) is 5.91 Å². The molecular weight excluding hydrogens is 344 g/mol. The van der Waals surface area contributed by atoms with E-state index in [0.29, 0.717) is 18.8 Å². The van der Waals surface area contributed by atoms with Gasteiger partial charge in [-0.15, -0.1) is 0 Å². The van der Waals surface area contributed by atoms with Gasteiger partial charge in [0.05, 0.1) is 5.92 Å². The Morgan fingerprint density at radius 1 is 1.26 bits per heavy atom. The SMILES string of the molecule is Cc1ccccc1[C@@H]1CN(C(=O)c2n[nH]c3c2CN(C)CC3)C[C@H]1C(=O)O. The van der Waals surface area contributed by atoms with Gasteiger partial charge in [-0.25, -0.2) is 0 Å². The molecule has 1 amide bonds. The van der Waals surface area contributed by atoms with Crippen molar-refractivity contribution in [2.45, 2.75) is 25.8 Å². The molecule has 0 spiro atoms. The highest BCUT2D eigenvalue weighted by molar-refractivity contribution is 5.95. The van der Waals surface area contributed by atoms with Gasteiger partial charge in [0.1, 0.15) is 0 Å². The molecular formula is C20H24N4O3. The number of hydrogen-bond donors (Lipinski definition) is 2. The number of aryl methyl sites for hydroxylation is 1. The Morgan fingerprint density at radius 2 is 2.04 bits per heavy atom. The lowest BCUT2D eigenvalue weighted by Crippen LogP contribution is -2.32.